The van der Waals surface area contributed by atoms with E-state index in [0.29, 0.717) is 32.3 Å². The van der Waals surface area contributed by atoms with Crippen molar-refractivity contribution in [3.63, 3.8) is 0 Å². The standard InChI is InChI=1S/C15H23N5O2S/c1-3-21-8-9-22-14-5-4-6-18-13(14)11-23-10-7-19-15(17-2)20-12-16/h4-6H,3,7-11H2,1-2H3,(H2,17,19,20). The molecule has 23 heavy (non-hydrogen) atoms. The minimum atomic E-state index is 0.478. The molecule has 0 atom stereocenters. The summed E-state index contributed by atoms with van der Waals surface area (Å²) >= 11 is 1.73. The fourth-order valence-corrected chi connectivity index (χ4v) is 2.46. The molecular formula is C15H23N5O2S. The number of nitrogens with zero attached hydrogens (tertiary/aromatic N) is 3. The predicted molar refractivity (Wildman–Crippen MR) is 92.5 cm³/mol. The van der Waals surface area contributed by atoms with Gasteiger partial charge in [-0.2, -0.15) is 17.0 Å². The van der Waals surface area contributed by atoms with Crippen LogP contribution in [0.1, 0.15) is 12.6 Å². The van der Waals surface area contributed by atoms with E-state index in [1.54, 1.807) is 25.0 Å². The lowest BCUT2D eigenvalue weighted by Crippen LogP contribution is -2.35. The summed E-state index contributed by atoms with van der Waals surface area (Å²) < 4.78 is 11.0. The maximum atomic E-state index is 8.54. The highest BCUT2D eigenvalue weighted by Crippen LogP contribution is 2.20. The van der Waals surface area contributed by atoms with Gasteiger partial charge in [0.05, 0.1) is 12.3 Å². The van der Waals surface area contributed by atoms with E-state index in [4.69, 9.17) is 14.7 Å². The Labute approximate surface area is 141 Å². The van der Waals surface area contributed by atoms with E-state index in [1.165, 1.54) is 0 Å². The SMILES string of the molecule is CCOCCOc1cccnc1CSCCNC(=NC)NC#N. The molecule has 0 aliphatic carbocycles. The molecule has 0 fully saturated rings. The molecule has 0 aliphatic heterocycles. The normalized spacial score (nSPS) is 10.9. The summed E-state index contributed by atoms with van der Waals surface area (Å²) in [4.78, 5) is 8.28. The van der Waals surface area contributed by atoms with Crippen molar-refractivity contribution >= 4 is 17.7 Å². The van der Waals surface area contributed by atoms with E-state index in [-0.39, 0.29) is 0 Å². The zero-order valence-corrected chi connectivity index (χ0v) is 14.4. The highest BCUT2D eigenvalue weighted by molar-refractivity contribution is 7.98. The number of nitrogens with one attached hydrogen (secondary N) is 2. The van der Waals surface area contributed by atoms with Gasteiger partial charge in [0.15, 0.2) is 6.19 Å². The van der Waals surface area contributed by atoms with Gasteiger partial charge in [-0.05, 0) is 19.1 Å². The fraction of sp³-hybridized carbons (Fsp3) is 0.533. The van der Waals surface area contributed by atoms with E-state index in [0.717, 1.165) is 22.9 Å². The van der Waals surface area contributed by atoms with Gasteiger partial charge in [-0.3, -0.25) is 15.3 Å². The molecule has 7 nitrogen and oxygen atoms in total. The third-order valence-corrected chi connectivity index (χ3v) is 3.68. The maximum Gasteiger partial charge on any atom is 0.204 e. The van der Waals surface area contributed by atoms with Gasteiger partial charge in [-0.1, -0.05) is 0 Å². The lowest BCUT2D eigenvalue weighted by atomic mass is 10.3. The Hall–Kier alpha value is -1.98. The summed E-state index contributed by atoms with van der Waals surface area (Å²) in [6.45, 7) is 4.46. The van der Waals surface area contributed by atoms with Gasteiger partial charge in [0.2, 0.25) is 5.96 Å². The number of pyridine rings is 1. The minimum Gasteiger partial charge on any atom is -0.489 e. The van der Waals surface area contributed by atoms with E-state index in [2.05, 4.69) is 20.6 Å². The van der Waals surface area contributed by atoms with E-state index < -0.39 is 0 Å². The molecule has 0 amide bonds. The van der Waals surface area contributed by atoms with E-state index in [9.17, 15) is 0 Å². The molecule has 0 bridgehead atoms. The Kier molecular flexibility index (Phi) is 10.4. The van der Waals surface area contributed by atoms with Crippen molar-refractivity contribution in [3.8, 4) is 11.9 Å². The highest BCUT2D eigenvalue weighted by atomic mass is 32.2. The number of hydrogen-bond donors (Lipinski definition) is 2. The number of rotatable bonds is 10. The van der Waals surface area contributed by atoms with Gasteiger partial charge in [-0.25, -0.2) is 0 Å². The van der Waals surface area contributed by atoms with Crippen LogP contribution < -0.4 is 15.4 Å². The van der Waals surface area contributed by atoms with Crippen LogP contribution in [0.5, 0.6) is 5.75 Å². The average Bonchev–Trinajstić information content (AvgIpc) is 2.58. The second kappa shape index (κ2) is 12.6. The van der Waals surface area contributed by atoms with Crippen LogP contribution in [0.3, 0.4) is 0 Å². The van der Waals surface area contributed by atoms with Crippen molar-refractivity contribution < 1.29 is 9.47 Å². The first-order chi connectivity index (χ1) is 11.3. The molecule has 0 unspecified atom stereocenters. The topological polar surface area (TPSA) is 91.6 Å². The molecule has 1 rings (SSSR count). The minimum absolute atomic E-state index is 0.478. The quantitative estimate of drug-likeness (QED) is 0.219. The largest absolute Gasteiger partial charge is 0.489 e. The number of thioether (sulfide) groups is 1. The van der Waals surface area contributed by atoms with Gasteiger partial charge in [0.1, 0.15) is 12.4 Å². The van der Waals surface area contributed by atoms with E-state index >= 15 is 0 Å². The lowest BCUT2D eigenvalue weighted by molar-refractivity contribution is 0.110. The molecule has 0 radical (unpaired) electrons. The van der Waals surface area contributed by atoms with Crippen LogP contribution in [0.2, 0.25) is 0 Å². The van der Waals surface area contributed by atoms with Crippen molar-refractivity contribution in [1.29, 1.82) is 5.26 Å². The van der Waals surface area contributed by atoms with Gasteiger partial charge < -0.3 is 14.8 Å². The molecule has 0 aromatic carbocycles. The zero-order chi connectivity index (χ0) is 16.8. The fourth-order valence-electron chi connectivity index (χ4n) is 1.66. The molecule has 8 heteroatoms. The molecule has 1 heterocycles. The van der Waals surface area contributed by atoms with Crippen LogP contribution >= 0.6 is 11.8 Å². The summed E-state index contributed by atoms with van der Waals surface area (Å²) in [7, 11) is 1.62. The molecule has 1 aromatic heterocycles. The van der Waals surface area contributed by atoms with Crippen molar-refractivity contribution in [2.45, 2.75) is 12.7 Å². The van der Waals surface area contributed by atoms with Crippen molar-refractivity contribution in [3.05, 3.63) is 24.0 Å². The van der Waals surface area contributed by atoms with Crippen LogP contribution in [0, 0.1) is 11.5 Å². The highest BCUT2D eigenvalue weighted by Gasteiger charge is 2.05. The Balaban J connectivity index is 2.30. The van der Waals surface area contributed by atoms with E-state index in [1.807, 2.05) is 25.2 Å². The summed E-state index contributed by atoms with van der Waals surface area (Å²) in [5, 5.41) is 14.1. The number of ether oxygens (including phenoxy) is 2. The molecule has 0 aliphatic rings. The first-order valence-corrected chi connectivity index (χ1v) is 8.55. The molecule has 0 saturated carbocycles. The molecule has 0 saturated heterocycles. The van der Waals surface area contributed by atoms with Gasteiger partial charge in [0, 0.05) is 37.9 Å². The number of hydrogen-bond acceptors (Lipinski definition) is 6. The number of guanidine groups is 1. The molecule has 1 aromatic rings. The van der Waals surface area contributed by atoms with Crippen LogP contribution in [-0.2, 0) is 10.5 Å². The first kappa shape index (κ1) is 19.1. The third-order valence-electron chi connectivity index (χ3n) is 2.71. The predicted octanol–water partition coefficient (Wildman–Crippen LogP) is 1.38. The second-order valence-corrected chi connectivity index (χ2v) is 5.39. The van der Waals surface area contributed by atoms with Crippen LogP contribution in [0.4, 0.5) is 0 Å². The smallest absolute Gasteiger partial charge is 0.204 e. The summed E-state index contributed by atoms with van der Waals surface area (Å²) in [5.41, 5.74) is 0.925. The number of aliphatic imine (C=N–C) groups is 1. The Bertz CT molecular complexity index is 519. The van der Waals surface area contributed by atoms with Gasteiger partial charge in [0.25, 0.3) is 0 Å². The first-order valence-electron chi connectivity index (χ1n) is 7.39. The monoisotopic (exact) mass is 337 g/mol. The summed E-state index contributed by atoms with van der Waals surface area (Å²) in [6, 6.07) is 3.79. The van der Waals surface area contributed by atoms with Crippen LogP contribution in [0.15, 0.2) is 23.3 Å². The van der Waals surface area contributed by atoms with Gasteiger partial charge >= 0.3 is 0 Å². The van der Waals surface area contributed by atoms with Crippen molar-refractivity contribution in [2.75, 3.05) is 39.2 Å². The molecule has 2 N–H and O–H groups in total. The number of aromatic nitrogens is 1. The Morgan fingerprint density at radius 2 is 2.35 bits per heavy atom. The van der Waals surface area contributed by atoms with Gasteiger partial charge in [-0.15, -0.1) is 0 Å². The Morgan fingerprint density at radius 3 is 3.09 bits per heavy atom. The zero-order valence-electron chi connectivity index (χ0n) is 13.5. The molecule has 126 valence electrons. The lowest BCUT2D eigenvalue weighted by Gasteiger charge is -2.11. The molecular weight excluding hydrogens is 314 g/mol. The third kappa shape index (κ3) is 8.28. The molecule has 0 spiro atoms. The number of nitriles is 1. The Morgan fingerprint density at radius 1 is 1.48 bits per heavy atom. The summed E-state index contributed by atoms with van der Waals surface area (Å²) in [5.74, 6) is 2.90. The van der Waals surface area contributed by atoms with Crippen LogP contribution in [-0.4, -0.2) is 50.1 Å². The van der Waals surface area contributed by atoms with Crippen LogP contribution in [0.25, 0.3) is 0 Å². The second-order valence-electron chi connectivity index (χ2n) is 4.28. The van der Waals surface area contributed by atoms with Crippen molar-refractivity contribution in [1.82, 2.24) is 15.6 Å². The van der Waals surface area contributed by atoms with Crippen molar-refractivity contribution in [2.24, 2.45) is 4.99 Å². The maximum absolute atomic E-state index is 8.54. The summed E-state index contributed by atoms with van der Waals surface area (Å²) in [6.07, 6.45) is 3.60. The average molecular weight is 337 g/mol.